The summed E-state index contributed by atoms with van der Waals surface area (Å²) in [5.74, 6) is -0.521. The topological polar surface area (TPSA) is 118 Å². The van der Waals surface area contributed by atoms with Crippen LogP contribution in [0.1, 0.15) is 28.3 Å². The highest BCUT2D eigenvalue weighted by Crippen LogP contribution is 2.68. The Kier molecular flexibility index (Phi) is 7.57. The fourth-order valence-electron chi connectivity index (χ4n) is 8.27. The van der Waals surface area contributed by atoms with E-state index in [9.17, 15) is 19.2 Å². The first-order valence-corrected chi connectivity index (χ1v) is 17.9. The fourth-order valence-corrected chi connectivity index (χ4v) is 11.4. The van der Waals surface area contributed by atoms with Crippen molar-refractivity contribution in [2.75, 3.05) is 23.9 Å². The van der Waals surface area contributed by atoms with Crippen molar-refractivity contribution >= 4 is 68.1 Å². The SMILES string of the molecule is COc1cc([C@H]2c3sc(=O)[nH]c3SC3C4CC(C5C(=O)N(c6ccc(Br)cc6)C(=O)C45)C32)ccc1OCC(=O)Nc1ccccc1C. The number of rotatable bonds is 7. The van der Waals surface area contributed by atoms with E-state index >= 15 is 0 Å². The number of carbonyl (C=O) groups is 3. The van der Waals surface area contributed by atoms with Crippen molar-refractivity contribution in [2.24, 2.45) is 29.6 Å². The van der Waals surface area contributed by atoms with Crippen LogP contribution in [-0.2, 0) is 14.4 Å². The third kappa shape index (κ3) is 4.95. The fraction of sp³-hybridized carbons (Fsp3) is 0.314. The van der Waals surface area contributed by atoms with Gasteiger partial charge in [-0.25, -0.2) is 0 Å². The first kappa shape index (κ1) is 30.5. The van der Waals surface area contributed by atoms with Crippen LogP contribution in [0.3, 0.4) is 0 Å². The van der Waals surface area contributed by atoms with Crippen molar-refractivity contribution in [3.8, 4) is 11.5 Å². The van der Waals surface area contributed by atoms with Gasteiger partial charge in [0.05, 0.1) is 29.7 Å². The molecule has 2 saturated carbocycles. The number of benzene rings is 3. The van der Waals surface area contributed by atoms with Gasteiger partial charge in [-0.3, -0.25) is 24.1 Å². The van der Waals surface area contributed by atoms with Crippen molar-refractivity contribution in [3.63, 3.8) is 0 Å². The van der Waals surface area contributed by atoms with E-state index in [0.717, 1.165) is 37.6 Å². The molecule has 3 fully saturated rings. The molecule has 47 heavy (non-hydrogen) atoms. The van der Waals surface area contributed by atoms with Crippen LogP contribution in [0.15, 0.2) is 81.0 Å². The van der Waals surface area contributed by atoms with Crippen LogP contribution < -0.4 is 24.6 Å². The van der Waals surface area contributed by atoms with Crippen LogP contribution in [0.4, 0.5) is 11.4 Å². The summed E-state index contributed by atoms with van der Waals surface area (Å²) in [7, 11) is 1.56. The molecule has 7 atom stereocenters. The zero-order valence-electron chi connectivity index (χ0n) is 25.4. The van der Waals surface area contributed by atoms with Crippen molar-refractivity contribution in [2.45, 2.75) is 29.5 Å². The van der Waals surface area contributed by atoms with Crippen LogP contribution in [-0.4, -0.2) is 41.7 Å². The van der Waals surface area contributed by atoms with E-state index in [1.807, 2.05) is 55.5 Å². The number of para-hydroxylation sites is 1. The number of thiazole rings is 1. The molecule has 9 nitrogen and oxygen atoms in total. The minimum atomic E-state index is -0.394. The number of anilines is 2. The number of H-pyrrole nitrogens is 1. The van der Waals surface area contributed by atoms with Gasteiger partial charge in [-0.2, -0.15) is 0 Å². The highest BCUT2D eigenvalue weighted by atomic mass is 79.9. The molecule has 1 saturated heterocycles. The summed E-state index contributed by atoms with van der Waals surface area (Å²) in [4.78, 5) is 58.5. The van der Waals surface area contributed by atoms with Crippen LogP contribution >= 0.6 is 39.0 Å². The number of aromatic amines is 1. The van der Waals surface area contributed by atoms with Gasteiger partial charge in [-0.1, -0.05) is 51.5 Å². The zero-order valence-corrected chi connectivity index (χ0v) is 28.6. The van der Waals surface area contributed by atoms with Gasteiger partial charge in [-0.15, -0.1) is 11.8 Å². The summed E-state index contributed by atoms with van der Waals surface area (Å²) >= 11 is 6.30. The number of carbonyl (C=O) groups excluding carboxylic acids is 3. The Bertz CT molecular complexity index is 1990. The predicted molar refractivity (Wildman–Crippen MR) is 183 cm³/mol. The number of ether oxygens (including phenoxy) is 2. The van der Waals surface area contributed by atoms with Crippen LogP contribution in [0, 0.1) is 36.5 Å². The van der Waals surface area contributed by atoms with E-state index in [4.69, 9.17) is 9.47 Å². The maximum Gasteiger partial charge on any atom is 0.305 e. The summed E-state index contributed by atoms with van der Waals surface area (Å²) in [6.07, 6.45) is 0.799. The van der Waals surface area contributed by atoms with E-state index in [1.54, 1.807) is 37.1 Å². The second-order valence-electron chi connectivity index (χ2n) is 12.5. The monoisotopic (exact) mass is 731 g/mol. The molecular weight excluding hydrogens is 702 g/mol. The normalized spacial score (nSPS) is 27.0. The van der Waals surface area contributed by atoms with Crippen LogP contribution in [0.2, 0.25) is 0 Å². The molecule has 2 bridgehead atoms. The van der Waals surface area contributed by atoms with Gasteiger partial charge >= 0.3 is 4.87 Å². The van der Waals surface area contributed by atoms with Gasteiger partial charge in [0, 0.05) is 26.2 Å². The first-order chi connectivity index (χ1) is 22.7. The summed E-state index contributed by atoms with van der Waals surface area (Å²) in [6, 6.07) is 20.5. The Balaban J connectivity index is 1.09. The maximum absolute atomic E-state index is 14.0. The molecule has 8 rings (SSSR count). The van der Waals surface area contributed by atoms with Crippen molar-refractivity contribution in [1.82, 2.24) is 4.98 Å². The molecule has 1 aromatic heterocycles. The molecule has 3 amide bonds. The number of halogens is 1. The number of aryl methyl sites for hydroxylation is 1. The lowest BCUT2D eigenvalue weighted by atomic mass is 9.68. The molecule has 240 valence electrons. The minimum Gasteiger partial charge on any atom is -0.493 e. The third-order valence-electron chi connectivity index (χ3n) is 10.1. The Morgan fingerprint density at radius 2 is 1.74 bits per heavy atom. The maximum atomic E-state index is 14.0. The zero-order chi connectivity index (χ0) is 32.6. The quantitative estimate of drug-likeness (QED) is 0.217. The minimum absolute atomic E-state index is 0.0122. The average Bonchev–Trinajstić information content (AvgIpc) is 3.80. The van der Waals surface area contributed by atoms with Gasteiger partial charge < -0.3 is 19.8 Å². The first-order valence-electron chi connectivity index (χ1n) is 15.4. The van der Waals surface area contributed by atoms with E-state index in [0.29, 0.717) is 17.2 Å². The number of thioether (sulfide) groups is 1. The van der Waals surface area contributed by atoms with Crippen LogP contribution in [0.5, 0.6) is 11.5 Å². The predicted octanol–water partition coefficient (Wildman–Crippen LogP) is 6.21. The van der Waals surface area contributed by atoms with Crippen molar-refractivity contribution < 1.29 is 23.9 Å². The number of hydrogen-bond acceptors (Lipinski definition) is 8. The molecule has 2 N–H and O–H groups in total. The smallest absolute Gasteiger partial charge is 0.305 e. The molecule has 6 unspecified atom stereocenters. The number of aromatic nitrogens is 1. The average molecular weight is 733 g/mol. The summed E-state index contributed by atoms with van der Waals surface area (Å²) in [5.41, 5.74) is 3.22. The van der Waals surface area contributed by atoms with Gasteiger partial charge in [0.15, 0.2) is 18.1 Å². The summed E-state index contributed by atoms with van der Waals surface area (Å²) in [5, 5.41) is 3.78. The largest absolute Gasteiger partial charge is 0.493 e. The number of nitrogens with zero attached hydrogens (tertiary/aromatic N) is 1. The molecule has 12 heteroatoms. The second-order valence-corrected chi connectivity index (χ2v) is 15.6. The van der Waals surface area contributed by atoms with Crippen LogP contribution in [0.25, 0.3) is 0 Å². The molecular formula is C35H30BrN3O6S2. The molecule has 3 aromatic carbocycles. The molecule has 2 aliphatic carbocycles. The summed E-state index contributed by atoms with van der Waals surface area (Å²) in [6.45, 7) is 1.73. The number of nitrogens with one attached hydrogen (secondary N) is 2. The Hall–Kier alpha value is -3.87. The number of amides is 3. The van der Waals surface area contributed by atoms with E-state index in [2.05, 4.69) is 26.2 Å². The molecule has 0 spiro atoms. The lowest BCUT2D eigenvalue weighted by molar-refractivity contribution is -0.123. The standard InChI is InChI=1S/C35H30BrN3O6S2/c1-16-5-3-4-6-22(16)37-25(40)15-45-23-12-7-17(13-24(23)44-2)26-27-20-14-21(30(27)46-32-31(26)47-35(43)38-32)29-28(20)33(41)39(34(29)42)19-10-8-18(36)9-11-19/h3-13,20-21,26-30H,14-15H2,1-2H3,(H,37,40)(H,38,43)/t20?,21?,26-,27?,28?,29?,30?/m1/s1. The Morgan fingerprint density at radius 1 is 1.00 bits per heavy atom. The van der Waals surface area contributed by atoms with Gasteiger partial charge in [0.1, 0.15) is 0 Å². The number of fused-ring (bicyclic) bond motifs is 9. The second kappa shape index (κ2) is 11.7. The lowest BCUT2D eigenvalue weighted by Crippen LogP contribution is -2.42. The van der Waals surface area contributed by atoms with Crippen molar-refractivity contribution in [3.05, 3.63) is 96.9 Å². The number of imide groups is 1. The van der Waals surface area contributed by atoms with E-state index < -0.39 is 5.92 Å². The van der Waals surface area contributed by atoms with E-state index in [-0.39, 0.29) is 64.0 Å². The number of hydrogen-bond donors (Lipinski definition) is 2. The van der Waals surface area contributed by atoms with Crippen molar-refractivity contribution in [1.29, 1.82) is 0 Å². The summed E-state index contributed by atoms with van der Waals surface area (Å²) < 4.78 is 12.5. The highest BCUT2D eigenvalue weighted by Gasteiger charge is 2.69. The Labute approximate surface area is 287 Å². The molecule has 4 aromatic rings. The Morgan fingerprint density at radius 3 is 2.49 bits per heavy atom. The molecule has 4 aliphatic rings. The molecule has 3 heterocycles. The highest BCUT2D eigenvalue weighted by molar-refractivity contribution is 9.10. The van der Waals surface area contributed by atoms with Gasteiger partial charge in [-0.05, 0) is 84.7 Å². The van der Waals surface area contributed by atoms with Gasteiger partial charge in [0.2, 0.25) is 11.8 Å². The van der Waals surface area contributed by atoms with Gasteiger partial charge in [0.25, 0.3) is 5.91 Å². The number of methoxy groups -OCH3 is 1. The third-order valence-corrected chi connectivity index (χ3v) is 13.3. The molecule has 2 aliphatic heterocycles. The lowest BCUT2D eigenvalue weighted by Gasteiger charge is -2.43. The van der Waals surface area contributed by atoms with E-state index in [1.165, 1.54) is 16.2 Å². The molecule has 0 radical (unpaired) electrons.